The molecule has 0 aliphatic rings. The summed E-state index contributed by atoms with van der Waals surface area (Å²) in [5.41, 5.74) is 1.02. The number of aromatic nitrogens is 2. The second-order valence-corrected chi connectivity index (χ2v) is 6.20. The van der Waals surface area contributed by atoms with Crippen molar-refractivity contribution in [3.8, 4) is 11.5 Å². The summed E-state index contributed by atoms with van der Waals surface area (Å²) >= 11 is 1.33. The van der Waals surface area contributed by atoms with Gasteiger partial charge in [0.2, 0.25) is 5.13 Å². The molecule has 6 nitrogen and oxygen atoms in total. The maximum Gasteiger partial charge on any atom is 0.264 e. The number of nitrogens with one attached hydrogen (secondary N) is 1. The van der Waals surface area contributed by atoms with Gasteiger partial charge in [0.25, 0.3) is 5.91 Å². The Kier molecular flexibility index (Phi) is 5.58. The third-order valence-corrected chi connectivity index (χ3v) is 4.20. The quantitative estimate of drug-likeness (QED) is 0.705. The van der Waals surface area contributed by atoms with Crippen molar-refractivity contribution in [1.82, 2.24) is 10.2 Å². The Morgan fingerprint density at radius 2 is 1.84 bits per heavy atom. The lowest BCUT2D eigenvalue weighted by atomic mass is 10.1. The van der Waals surface area contributed by atoms with E-state index in [0.717, 1.165) is 16.3 Å². The maximum atomic E-state index is 11.9. The molecule has 0 unspecified atom stereocenters. The predicted molar refractivity (Wildman–Crippen MR) is 96.3 cm³/mol. The van der Waals surface area contributed by atoms with Gasteiger partial charge in [-0.2, -0.15) is 0 Å². The van der Waals surface area contributed by atoms with Crippen LogP contribution in [0.3, 0.4) is 0 Å². The van der Waals surface area contributed by atoms with Gasteiger partial charge in [0.05, 0.1) is 7.11 Å². The van der Waals surface area contributed by atoms with Crippen molar-refractivity contribution < 1.29 is 14.3 Å². The Hall–Kier alpha value is -2.93. The zero-order valence-corrected chi connectivity index (χ0v) is 14.5. The molecule has 2 aromatic carbocycles. The fraction of sp³-hybridized carbons (Fsp3) is 0.167. The molecule has 1 N–H and O–H groups in total. The number of para-hydroxylation sites is 2. The Morgan fingerprint density at radius 3 is 2.64 bits per heavy atom. The van der Waals surface area contributed by atoms with Gasteiger partial charge in [-0.25, -0.2) is 0 Å². The van der Waals surface area contributed by atoms with E-state index in [1.807, 2.05) is 42.5 Å². The zero-order chi connectivity index (χ0) is 17.5. The van der Waals surface area contributed by atoms with Crippen LogP contribution < -0.4 is 14.8 Å². The molecular weight excluding hydrogens is 338 g/mol. The lowest BCUT2D eigenvalue weighted by Crippen LogP contribution is -2.20. The molecule has 0 spiro atoms. The molecule has 0 radical (unpaired) electrons. The Bertz CT molecular complexity index is 836. The van der Waals surface area contributed by atoms with Crippen LogP contribution in [-0.4, -0.2) is 29.8 Å². The van der Waals surface area contributed by atoms with Crippen LogP contribution >= 0.6 is 11.3 Å². The molecule has 0 bridgehead atoms. The first-order valence-corrected chi connectivity index (χ1v) is 8.48. The number of rotatable bonds is 7. The third kappa shape index (κ3) is 4.77. The highest BCUT2D eigenvalue weighted by Gasteiger charge is 2.11. The fourth-order valence-corrected chi connectivity index (χ4v) is 2.99. The van der Waals surface area contributed by atoms with E-state index < -0.39 is 0 Å². The van der Waals surface area contributed by atoms with Crippen molar-refractivity contribution in [2.24, 2.45) is 0 Å². The summed E-state index contributed by atoms with van der Waals surface area (Å²) in [6.07, 6.45) is 0.595. The van der Waals surface area contributed by atoms with Gasteiger partial charge in [0, 0.05) is 12.0 Å². The standard InChI is InChI=1S/C18H17N3O3S/c1-23-15-10-6-5-7-13(15)11-17-20-21-18(25-17)19-16(22)12-24-14-8-3-2-4-9-14/h2-10H,11-12H2,1H3,(H,19,21,22). The highest BCUT2D eigenvalue weighted by Crippen LogP contribution is 2.24. The summed E-state index contributed by atoms with van der Waals surface area (Å²) < 4.78 is 10.7. The Labute approximate surface area is 149 Å². The van der Waals surface area contributed by atoms with Crippen molar-refractivity contribution in [2.45, 2.75) is 6.42 Å². The number of carbonyl (C=O) groups excluding carboxylic acids is 1. The smallest absolute Gasteiger partial charge is 0.264 e. The highest BCUT2D eigenvalue weighted by molar-refractivity contribution is 7.15. The molecule has 0 aliphatic heterocycles. The van der Waals surface area contributed by atoms with Gasteiger partial charge >= 0.3 is 0 Å². The molecule has 3 aromatic rings. The van der Waals surface area contributed by atoms with E-state index in [9.17, 15) is 4.79 Å². The highest BCUT2D eigenvalue weighted by atomic mass is 32.1. The first kappa shape index (κ1) is 16.9. The van der Waals surface area contributed by atoms with Crippen LogP contribution in [0.15, 0.2) is 54.6 Å². The molecule has 0 aliphatic carbocycles. The second-order valence-electron chi connectivity index (χ2n) is 5.14. The van der Waals surface area contributed by atoms with Crippen molar-refractivity contribution in [1.29, 1.82) is 0 Å². The monoisotopic (exact) mass is 355 g/mol. The Balaban J connectivity index is 1.55. The van der Waals surface area contributed by atoms with Gasteiger partial charge < -0.3 is 9.47 Å². The van der Waals surface area contributed by atoms with Crippen molar-refractivity contribution >= 4 is 22.4 Å². The van der Waals surface area contributed by atoms with Gasteiger partial charge in [-0.05, 0) is 18.2 Å². The predicted octanol–water partition coefficient (Wildman–Crippen LogP) is 3.16. The number of anilines is 1. The van der Waals surface area contributed by atoms with Crippen LogP contribution in [-0.2, 0) is 11.2 Å². The average Bonchev–Trinajstić information content (AvgIpc) is 3.08. The second kappa shape index (κ2) is 8.25. The van der Waals surface area contributed by atoms with Crippen LogP contribution in [0.5, 0.6) is 11.5 Å². The summed E-state index contributed by atoms with van der Waals surface area (Å²) in [7, 11) is 1.64. The van der Waals surface area contributed by atoms with Gasteiger partial charge in [-0.15, -0.1) is 10.2 Å². The molecule has 0 fully saturated rings. The van der Waals surface area contributed by atoms with Crippen LogP contribution in [0.25, 0.3) is 0 Å². The van der Waals surface area contributed by atoms with Gasteiger partial charge in [-0.3, -0.25) is 10.1 Å². The molecule has 1 aromatic heterocycles. The van der Waals surface area contributed by atoms with Crippen LogP contribution in [0, 0.1) is 0 Å². The van der Waals surface area contributed by atoms with Gasteiger partial charge in [0.15, 0.2) is 6.61 Å². The molecule has 25 heavy (non-hydrogen) atoms. The molecule has 128 valence electrons. The van der Waals surface area contributed by atoms with E-state index in [4.69, 9.17) is 9.47 Å². The molecule has 1 amide bonds. The van der Waals surface area contributed by atoms with E-state index in [0.29, 0.717) is 17.3 Å². The number of amides is 1. The number of nitrogens with zero attached hydrogens (tertiary/aromatic N) is 2. The zero-order valence-electron chi connectivity index (χ0n) is 13.6. The minimum atomic E-state index is -0.274. The number of ether oxygens (including phenoxy) is 2. The minimum Gasteiger partial charge on any atom is -0.496 e. The van der Waals surface area contributed by atoms with Gasteiger partial charge in [0.1, 0.15) is 16.5 Å². The summed E-state index contributed by atoms with van der Waals surface area (Å²) in [6, 6.07) is 16.9. The topological polar surface area (TPSA) is 73.3 Å². The lowest BCUT2D eigenvalue weighted by molar-refractivity contribution is -0.118. The minimum absolute atomic E-state index is 0.0779. The molecule has 0 saturated carbocycles. The summed E-state index contributed by atoms with van der Waals surface area (Å²) in [5, 5.41) is 12.1. The molecule has 7 heteroatoms. The van der Waals surface area contributed by atoms with E-state index in [2.05, 4.69) is 15.5 Å². The van der Waals surface area contributed by atoms with Crippen molar-refractivity contribution in [2.75, 3.05) is 19.0 Å². The van der Waals surface area contributed by atoms with Crippen molar-refractivity contribution in [3.63, 3.8) is 0 Å². The Morgan fingerprint density at radius 1 is 1.08 bits per heavy atom. The van der Waals surface area contributed by atoms with Crippen LogP contribution in [0.2, 0.25) is 0 Å². The maximum absolute atomic E-state index is 11.9. The largest absolute Gasteiger partial charge is 0.496 e. The number of hydrogen-bond acceptors (Lipinski definition) is 6. The fourth-order valence-electron chi connectivity index (χ4n) is 2.21. The van der Waals surface area contributed by atoms with Gasteiger partial charge in [-0.1, -0.05) is 47.7 Å². The lowest BCUT2D eigenvalue weighted by Gasteiger charge is -2.05. The molecule has 0 atom stereocenters. The normalized spacial score (nSPS) is 10.3. The number of methoxy groups -OCH3 is 1. The first-order chi connectivity index (χ1) is 12.2. The number of carbonyl (C=O) groups is 1. The first-order valence-electron chi connectivity index (χ1n) is 7.66. The third-order valence-electron chi connectivity index (χ3n) is 3.36. The molecule has 3 rings (SSSR count). The van der Waals surface area contributed by atoms with E-state index in [1.165, 1.54) is 11.3 Å². The molecule has 0 saturated heterocycles. The van der Waals surface area contributed by atoms with E-state index >= 15 is 0 Å². The van der Waals surface area contributed by atoms with Crippen LogP contribution in [0.4, 0.5) is 5.13 Å². The SMILES string of the molecule is COc1ccccc1Cc1nnc(NC(=O)COc2ccccc2)s1. The molecular formula is C18H17N3O3S. The van der Waals surface area contributed by atoms with E-state index in [-0.39, 0.29) is 12.5 Å². The number of hydrogen-bond donors (Lipinski definition) is 1. The van der Waals surface area contributed by atoms with Crippen molar-refractivity contribution in [3.05, 3.63) is 65.2 Å². The molecule has 1 heterocycles. The average molecular weight is 355 g/mol. The summed E-state index contributed by atoms with van der Waals surface area (Å²) in [5.74, 6) is 1.18. The summed E-state index contributed by atoms with van der Waals surface area (Å²) in [6.45, 7) is -0.0779. The van der Waals surface area contributed by atoms with Crippen LogP contribution in [0.1, 0.15) is 10.6 Å². The summed E-state index contributed by atoms with van der Waals surface area (Å²) in [4.78, 5) is 11.9. The number of benzene rings is 2. The van der Waals surface area contributed by atoms with E-state index in [1.54, 1.807) is 19.2 Å².